The van der Waals surface area contributed by atoms with Crippen molar-refractivity contribution in [2.75, 3.05) is 5.75 Å². The first-order chi connectivity index (χ1) is 15.4. The molecule has 0 aliphatic carbocycles. The van der Waals surface area contributed by atoms with E-state index in [0.29, 0.717) is 16.1 Å². The number of rotatable bonds is 5. The van der Waals surface area contributed by atoms with Gasteiger partial charge in [-0.3, -0.25) is 14.2 Å². The lowest BCUT2D eigenvalue weighted by Gasteiger charge is -2.39. The molecule has 0 N–H and O–H groups in total. The van der Waals surface area contributed by atoms with Crippen LogP contribution in [0.15, 0.2) is 58.5 Å². The highest BCUT2D eigenvalue weighted by Gasteiger charge is 2.29. The van der Waals surface area contributed by atoms with E-state index in [-0.39, 0.29) is 35.2 Å². The van der Waals surface area contributed by atoms with Crippen molar-refractivity contribution >= 4 is 28.6 Å². The number of thioether (sulfide) groups is 1. The second-order valence-electron chi connectivity index (χ2n) is 8.98. The summed E-state index contributed by atoms with van der Waals surface area (Å²) in [6.45, 7) is 8.49. The fraction of sp³-hybridized carbons (Fsp3) is 0.423. The maximum Gasteiger partial charge on any atom is 0.266 e. The number of fused-ring (bicyclic) bond motifs is 1. The van der Waals surface area contributed by atoms with Gasteiger partial charge in [-0.25, -0.2) is 4.98 Å². The number of benzene rings is 2. The standard InChI is InChI=1S/C26H31N3O2S/c1-17(2)20-12-6-8-15-23(20)29-25(31)21-13-5-7-14-22(21)27-26(29)32-16-24(30)28-18(3)10-9-11-19(28)4/h5-8,12-15,17-19H,9-11,16H2,1-4H3. The van der Waals surface area contributed by atoms with Gasteiger partial charge in [0.1, 0.15) is 0 Å². The van der Waals surface area contributed by atoms with Crippen LogP contribution in [0.1, 0.15) is 58.4 Å². The maximum absolute atomic E-state index is 13.6. The predicted octanol–water partition coefficient (Wildman–Crippen LogP) is 5.39. The third-order valence-corrected chi connectivity index (χ3v) is 7.27. The van der Waals surface area contributed by atoms with E-state index in [2.05, 4.69) is 33.8 Å². The quantitative estimate of drug-likeness (QED) is 0.387. The molecule has 0 spiro atoms. The summed E-state index contributed by atoms with van der Waals surface area (Å²) in [5, 5.41) is 1.15. The topological polar surface area (TPSA) is 55.2 Å². The van der Waals surface area contributed by atoms with Gasteiger partial charge in [-0.15, -0.1) is 0 Å². The first-order valence-corrected chi connectivity index (χ1v) is 12.4. The van der Waals surface area contributed by atoms with E-state index in [1.807, 2.05) is 47.4 Å². The molecule has 1 saturated heterocycles. The van der Waals surface area contributed by atoms with E-state index in [0.717, 1.165) is 30.5 Å². The van der Waals surface area contributed by atoms with Gasteiger partial charge in [0.05, 0.1) is 22.3 Å². The molecule has 2 aromatic carbocycles. The lowest BCUT2D eigenvalue weighted by atomic mass is 9.98. The maximum atomic E-state index is 13.6. The van der Waals surface area contributed by atoms with Crippen molar-refractivity contribution in [3.63, 3.8) is 0 Å². The molecule has 0 saturated carbocycles. The molecule has 32 heavy (non-hydrogen) atoms. The van der Waals surface area contributed by atoms with Gasteiger partial charge >= 0.3 is 0 Å². The van der Waals surface area contributed by atoms with Gasteiger partial charge < -0.3 is 4.90 Å². The number of likely N-dealkylation sites (tertiary alicyclic amines) is 1. The molecule has 0 radical (unpaired) electrons. The number of nitrogens with zero attached hydrogens (tertiary/aromatic N) is 3. The van der Waals surface area contributed by atoms with Crippen molar-refractivity contribution in [1.29, 1.82) is 0 Å². The van der Waals surface area contributed by atoms with E-state index < -0.39 is 0 Å². The molecule has 168 valence electrons. The summed E-state index contributed by atoms with van der Waals surface area (Å²) in [6, 6.07) is 15.9. The molecular formula is C26H31N3O2S. The monoisotopic (exact) mass is 449 g/mol. The third kappa shape index (κ3) is 4.33. The van der Waals surface area contributed by atoms with Gasteiger partial charge in [-0.1, -0.05) is 55.9 Å². The van der Waals surface area contributed by atoms with E-state index in [4.69, 9.17) is 4.98 Å². The molecule has 5 nitrogen and oxygen atoms in total. The summed E-state index contributed by atoms with van der Waals surface area (Å²) in [5.74, 6) is 0.628. The van der Waals surface area contributed by atoms with Crippen LogP contribution >= 0.6 is 11.8 Å². The zero-order valence-electron chi connectivity index (χ0n) is 19.2. The van der Waals surface area contributed by atoms with Gasteiger partial charge in [0.15, 0.2) is 5.16 Å². The molecule has 2 unspecified atom stereocenters. The van der Waals surface area contributed by atoms with Crippen LogP contribution in [-0.4, -0.2) is 38.2 Å². The van der Waals surface area contributed by atoms with Gasteiger partial charge in [-0.05, 0) is 62.8 Å². The lowest BCUT2D eigenvalue weighted by Crippen LogP contribution is -2.48. The van der Waals surface area contributed by atoms with Crippen molar-refractivity contribution in [3.8, 4) is 5.69 Å². The van der Waals surface area contributed by atoms with Crippen LogP contribution in [0.5, 0.6) is 0 Å². The molecule has 1 aliphatic heterocycles. The Labute approximate surface area is 193 Å². The zero-order chi connectivity index (χ0) is 22.8. The van der Waals surface area contributed by atoms with E-state index >= 15 is 0 Å². The van der Waals surface area contributed by atoms with E-state index in [1.54, 1.807) is 4.57 Å². The van der Waals surface area contributed by atoms with Gasteiger partial charge in [0.2, 0.25) is 5.91 Å². The molecule has 1 aliphatic rings. The highest BCUT2D eigenvalue weighted by Crippen LogP contribution is 2.29. The number of piperidine rings is 1. The molecular weight excluding hydrogens is 418 g/mol. The number of hydrogen-bond donors (Lipinski definition) is 0. The zero-order valence-corrected chi connectivity index (χ0v) is 20.1. The minimum Gasteiger partial charge on any atom is -0.337 e. The molecule has 3 aromatic rings. The summed E-state index contributed by atoms with van der Waals surface area (Å²) in [6.07, 6.45) is 3.25. The molecule has 1 amide bonds. The van der Waals surface area contributed by atoms with Crippen molar-refractivity contribution < 1.29 is 4.79 Å². The van der Waals surface area contributed by atoms with Crippen molar-refractivity contribution in [1.82, 2.24) is 14.5 Å². The van der Waals surface area contributed by atoms with E-state index in [9.17, 15) is 9.59 Å². The molecule has 2 heterocycles. The molecule has 1 fully saturated rings. The lowest BCUT2D eigenvalue weighted by molar-refractivity contribution is -0.134. The number of para-hydroxylation sites is 2. The molecule has 4 rings (SSSR count). The van der Waals surface area contributed by atoms with Crippen LogP contribution < -0.4 is 5.56 Å². The highest BCUT2D eigenvalue weighted by molar-refractivity contribution is 7.99. The van der Waals surface area contributed by atoms with Gasteiger partial charge in [0, 0.05) is 12.1 Å². The Kier molecular flexibility index (Phi) is 6.70. The first kappa shape index (κ1) is 22.6. The predicted molar refractivity (Wildman–Crippen MR) is 132 cm³/mol. The van der Waals surface area contributed by atoms with Gasteiger partial charge in [-0.2, -0.15) is 0 Å². The summed E-state index contributed by atoms with van der Waals surface area (Å²) in [7, 11) is 0. The SMILES string of the molecule is CC(C)c1ccccc1-n1c(SCC(=O)N2C(C)CCCC2C)nc2ccccc2c1=O. The fourth-order valence-corrected chi connectivity index (χ4v) is 5.59. The Bertz CT molecular complexity index is 1180. The summed E-state index contributed by atoms with van der Waals surface area (Å²) in [5.41, 5.74) is 2.47. The average Bonchev–Trinajstić information content (AvgIpc) is 2.77. The second kappa shape index (κ2) is 9.49. The summed E-state index contributed by atoms with van der Waals surface area (Å²) < 4.78 is 1.69. The number of hydrogen-bond acceptors (Lipinski definition) is 4. The Morgan fingerprint density at radius 2 is 1.72 bits per heavy atom. The van der Waals surface area contributed by atoms with Crippen LogP contribution in [-0.2, 0) is 4.79 Å². The van der Waals surface area contributed by atoms with Crippen LogP contribution in [0, 0.1) is 0 Å². The van der Waals surface area contributed by atoms with Crippen LogP contribution in [0.3, 0.4) is 0 Å². The van der Waals surface area contributed by atoms with E-state index in [1.165, 1.54) is 11.8 Å². The van der Waals surface area contributed by atoms with Crippen LogP contribution in [0.2, 0.25) is 0 Å². The number of aromatic nitrogens is 2. The first-order valence-electron chi connectivity index (χ1n) is 11.4. The number of carbonyl (C=O) groups is 1. The third-order valence-electron chi connectivity index (χ3n) is 6.35. The number of carbonyl (C=O) groups excluding carboxylic acids is 1. The Morgan fingerprint density at radius 3 is 2.44 bits per heavy atom. The summed E-state index contributed by atoms with van der Waals surface area (Å²) >= 11 is 1.36. The highest BCUT2D eigenvalue weighted by atomic mass is 32.2. The van der Waals surface area contributed by atoms with Crippen molar-refractivity contribution in [2.45, 2.75) is 70.1 Å². The molecule has 6 heteroatoms. The smallest absolute Gasteiger partial charge is 0.266 e. The summed E-state index contributed by atoms with van der Waals surface area (Å²) in [4.78, 5) is 33.6. The van der Waals surface area contributed by atoms with Crippen LogP contribution in [0.4, 0.5) is 0 Å². The largest absolute Gasteiger partial charge is 0.337 e. The van der Waals surface area contributed by atoms with Crippen LogP contribution in [0.25, 0.3) is 16.6 Å². The minimum absolute atomic E-state index is 0.0987. The average molecular weight is 450 g/mol. The molecule has 1 aromatic heterocycles. The Morgan fingerprint density at radius 1 is 1.06 bits per heavy atom. The number of amides is 1. The minimum atomic E-state index is -0.0987. The van der Waals surface area contributed by atoms with Crippen molar-refractivity contribution in [3.05, 3.63) is 64.4 Å². The second-order valence-corrected chi connectivity index (χ2v) is 9.93. The Hall–Kier alpha value is -2.60. The fourth-order valence-electron chi connectivity index (χ4n) is 4.71. The normalized spacial score (nSPS) is 19.0. The molecule has 2 atom stereocenters. The van der Waals surface area contributed by atoms with Crippen molar-refractivity contribution in [2.24, 2.45) is 0 Å². The van der Waals surface area contributed by atoms with Gasteiger partial charge in [0.25, 0.3) is 5.56 Å². The molecule has 0 bridgehead atoms. The Balaban J connectivity index is 1.77.